The Morgan fingerprint density at radius 3 is 2.61 bits per heavy atom. The average Bonchev–Trinajstić information content (AvgIpc) is 2.61. The van der Waals surface area contributed by atoms with Crippen LogP contribution in [0.1, 0.15) is 15.9 Å². The summed E-state index contributed by atoms with van der Waals surface area (Å²) in [6.45, 7) is 2.83. The normalized spacial score (nSPS) is 14.6. The predicted octanol–water partition coefficient (Wildman–Crippen LogP) is 3.50. The van der Waals surface area contributed by atoms with Crippen LogP contribution in [0.25, 0.3) is 0 Å². The first-order valence-electron chi connectivity index (χ1n) is 7.57. The molecule has 4 nitrogen and oxygen atoms in total. The molecule has 1 amide bonds. The summed E-state index contributed by atoms with van der Waals surface area (Å²) in [5.41, 5.74) is 1.65. The topological polar surface area (TPSA) is 38.8 Å². The standard InChI is InChI=1S/C18H18BrNO3/c19-15-6-7-17(23-13-14-4-2-1-3-5-14)16(12-15)18(21)20-8-10-22-11-9-20/h1-7,12H,8-11,13H2. The van der Waals surface area contributed by atoms with E-state index in [9.17, 15) is 4.79 Å². The van der Waals surface area contributed by atoms with Crippen LogP contribution in [-0.4, -0.2) is 37.1 Å². The Hall–Kier alpha value is -1.85. The maximum absolute atomic E-state index is 12.8. The molecular weight excluding hydrogens is 358 g/mol. The molecule has 0 aliphatic carbocycles. The van der Waals surface area contributed by atoms with Crippen molar-refractivity contribution in [3.63, 3.8) is 0 Å². The Bertz CT molecular complexity index is 669. The Kier molecular flexibility index (Phi) is 5.31. The van der Waals surface area contributed by atoms with E-state index in [0.717, 1.165) is 10.0 Å². The number of morpholine rings is 1. The first-order valence-corrected chi connectivity index (χ1v) is 8.36. The van der Waals surface area contributed by atoms with Crippen molar-refractivity contribution < 1.29 is 14.3 Å². The van der Waals surface area contributed by atoms with Crippen LogP contribution in [0.4, 0.5) is 0 Å². The molecule has 0 spiro atoms. The summed E-state index contributed by atoms with van der Waals surface area (Å²) >= 11 is 3.43. The summed E-state index contributed by atoms with van der Waals surface area (Å²) in [4.78, 5) is 14.6. The number of ether oxygens (including phenoxy) is 2. The van der Waals surface area contributed by atoms with Gasteiger partial charge < -0.3 is 14.4 Å². The quantitative estimate of drug-likeness (QED) is 0.820. The van der Waals surface area contributed by atoms with Crippen molar-refractivity contribution in [3.8, 4) is 5.75 Å². The predicted molar refractivity (Wildman–Crippen MR) is 91.6 cm³/mol. The summed E-state index contributed by atoms with van der Waals surface area (Å²) in [5.74, 6) is 0.589. The van der Waals surface area contributed by atoms with Crippen LogP contribution < -0.4 is 4.74 Å². The summed E-state index contributed by atoms with van der Waals surface area (Å²) in [6, 6.07) is 15.5. The second kappa shape index (κ2) is 7.62. The second-order valence-corrected chi connectivity index (χ2v) is 6.24. The maximum atomic E-state index is 12.8. The van der Waals surface area contributed by atoms with Gasteiger partial charge in [0.1, 0.15) is 12.4 Å². The summed E-state index contributed by atoms with van der Waals surface area (Å²) < 4.78 is 12.1. The van der Waals surface area contributed by atoms with Gasteiger partial charge in [0.25, 0.3) is 5.91 Å². The number of benzene rings is 2. The molecule has 0 saturated carbocycles. The molecule has 0 N–H and O–H groups in total. The molecule has 0 radical (unpaired) electrons. The van der Waals surface area contributed by atoms with Crippen molar-refractivity contribution in [3.05, 3.63) is 64.1 Å². The highest BCUT2D eigenvalue weighted by Gasteiger charge is 2.22. The largest absolute Gasteiger partial charge is 0.488 e. The zero-order chi connectivity index (χ0) is 16.1. The van der Waals surface area contributed by atoms with Crippen LogP contribution in [0.3, 0.4) is 0 Å². The lowest BCUT2D eigenvalue weighted by Gasteiger charge is -2.27. The lowest BCUT2D eigenvalue weighted by molar-refractivity contribution is 0.0300. The van der Waals surface area contributed by atoms with Crippen LogP contribution >= 0.6 is 15.9 Å². The summed E-state index contributed by atoms with van der Waals surface area (Å²) in [7, 11) is 0. The number of hydrogen-bond acceptors (Lipinski definition) is 3. The zero-order valence-corrected chi connectivity index (χ0v) is 14.3. The van der Waals surface area contributed by atoms with Gasteiger partial charge in [-0.1, -0.05) is 46.3 Å². The summed E-state index contributed by atoms with van der Waals surface area (Å²) in [5, 5.41) is 0. The van der Waals surface area contributed by atoms with E-state index < -0.39 is 0 Å². The van der Waals surface area contributed by atoms with E-state index in [1.165, 1.54) is 0 Å². The fraction of sp³-hybridized carbons (Fsp3) is 0.278. The fourth-order valence-electron chi connectivity index (χ4n) is 2.47. The molecule has 1 heterocycles. The molecule has 0 aromatic heterocycles. The molecule has 2 aromatic carbocycles. The minimum atomic E-state index is -0.0161. The average molecular weight is 376 g/mol. The Morgan fingerprint density at radius 1 is 1.13 bits per heavy atom. The fourth-order valence-corrected chi connectivity index (χ4v) is 2.83. The number of halogens is 1. The van der Waals surface area contributed by atoms with Crippen LogP contribution in [0.2, 0.25) is 0 Å². The van der Waals surface area contributed by atoms with Crippen LogP contribution in [-0.2, 0) is 11.3 Å². The van der Waals surface area contributed by atoms with Gasteiger partial charge in [0.2, 0.25) is 0 Å². The molecule has 2 aromatic rings. The summed E-state index contributed by atoms with van der Waals surface area (Å²) in [6.07, 6.45) is 0. The van der Waals surface area contributed by atoms with Crippen LogP contribution in [0.5, 0.6) is 5.75 Å². The van der Waals surface area contributed by atoms with Gasteiger partial charge in [0, 0.05) is 17.6 Å². The van der Waals surface area contributed by atoms with Crippen molar-refractivity contribution in [1.82, 2.24) is 4.90 Å². The van der Waals surface area contributed by atoms with E-state index >= 15 is 0 Å². The number of hydrogen-bond donors (Lipinski definition) is 0. The number of carbonyl (C=O) groups is 1. The van der Waals surface area contributed by atoms with E-state index in [1.54, 1.807) is 4.90 Å². The minimum absolute atomic E-state index is 0.0161. The molecule has 1 saturated heterocycles. The van der Waals surface area contributed by atoms with Crippen molar-refractivity contribution in [2.24, 2.45) is 0 Å². The molecule has 1 aliphatic rings. The monoisotopic (exact) mass is 375 g/mol. The van der Waals surface area contributed by atoms with Crippen molar-refractivity contribution in [2.75, 3.05) is 26.3 Å². The molecule has 120 valence electrons. The van der Waals surface area contributed by atoms with Gasteiger partial charge in [0.05, 0.1) is 18.8 Å². The highest BCUT2D eigenvalue weighted by molar-refractivity contribution is 9.10. The molecule has 0 bridgehead atoms. The van der Waals surface area contributed by atoms with Gasteiger partial charge in [-0.2, -0.15) is 0 Å². The number of carbonyl (C=O) groups excluding carboxylic acids is 1. The third kappa shape index (κ3) is 4.12. The highest BCUT2D eigenvalue weighted by Crippen LogP contribution is 2.26. The smallest absolute Gasteiger partial charge is 0.257 e. The Labute approximate surface area is 144 Å². The highest BCUT2D eigenvalue weighted by atomic mass is 79.9. The molecule has 23 heavy (non-hydrogen) atoms. The van der Waals surface area contributed by atoms with Crippen LogP contribution in [0.15, 0.2) is 53.0 Å². The van der Waals surface area contributed by atoms with Gasteiger partial charge in [-0.05, 0) is 23.8 Å². The van der Waals surface area contributed by atoms with Gasteiger partial charge in [-0.3, -0.25) is 4.79 Å². The number of rotatable bonds is 4. The van der Waals surface area contributed by atoms with Crippen LogP contribution in [0, 0.1) is 0 Å². The first kappa shape index (κ1) is 16.0. The Morgan fingerprint density at radius 2 is 1.87 bits per heavy atom. The molecule has 0 unspecified atom stereocenters. The van der Waals surface area contributed by atoms with E-state index in [1.807, 2.05) is 48.5 Å². The maximum Gasteiger partial charge on any atom is 0.257 e. The van der Waals surface area contributed by atoms with Gasteiger partial charge in [0.15, 0.2) is 0 Å². The molecule has 1 aliphatic heterocycles. The van der Waals surface area contributed by atoms with Gasteiger partial charge >= 0.3 is 0 Å². The third-order valence-corrected chi connectivity index (χ3v) is 4.20. The van der Waals surface area contributed by atoms with E-state index in [4.69, 9.17) is 9.47 Å². The molecule has 1 fully saturated rings. The van der Waals surface area contributed by atoms with Crippen molar-refractivity contribution in [2.45, 2.75) is 6.61 Å². The molecule has 5 heteroatoms. The third-order valence-electron chi connectivity index (χ3n) is 3.71. The lowest BCUT2D eigenvalue weighted by Crippen LogP contribution is -2.40. The van der Waals surface area contributed by atoms with E-state index in [-0.39, 0.29) is 5.91 Å². The lowest BCUT2D eigenvalue weighted by atomic mass is 10.1. The zero-order valence-electron chi connectivity index (χ0n) is 12.7. The Balaban J connectivity index is 1.78. The molecular formula is C18H18BrNO3. The van der Waals surface area contributed by atoms with E-state index in [0.29, 0.717) is 44.2 Å². The van der Waals surface area contributed by atoms with Crippen molar-refractivity contribution >= 4 is 21.8 Å². The van der Waals surface area contributed by atoms with E-state index in [2.05, 4.69) is 15.9 Å². The number of nitrogens with zero attached hydrogens (tertiary/aromatic N) is 1. The first-order chi connectivity index (χ1) is 11.2. The second-order valence-electron chi connectivity index (χ2n) is 5.32. The van der Waals surface area contributed by atoms with Crippen molar-refractivity contribution in [1.29, 1.82) is 0 Å². The van der Waals surface area contributed by atoms with Gasteiger partial charge in [-0.25, -0.2) is 0 Å². The SMILES string of the molecule is O=C(c1cc(Br)ccc1OCc1ccccc1)N1CCOCC1. The minimum Gasteiger partial charge on any atom is -0.488 e. The molecule has 3 rings (SSSR count). The molecule has 0 atom stereocenters. The van der Waals surface area contributed by atoms with Gasteiger partial charge in [-0.15, -0.1) is 0 Å². The number of amides is 1.